The zero-order chi connectivity index (χ0) is 16.4. The summed E-state index contributed by atoms with van der Waals surface area (Å²) in [6, 6.07) is 10.3. The molecule has 0 unspecified atom stereocenters. The van der Waals surface area contributed by atoms with E-state index in [4.69, 9.17) is 0 Å². The van der Waals surface area contributed by atoms with Crippen LogP contribution in [0.25, 0.3) is 0 Å². The van der Waals surface area contributed by atoms with Crippen molar-refractivity contribution in [1.82, 2.24) is 5.32 Å². The second-order valence-electron chi connectivity index (χ2n) is 6.38. The van der Waals surface area contributed by atoms with Crippen LogP contribution in [0.15, 0.2) is 30.3 Å². The number of hydrogen-bond donors (Lipinski definition) is 1. The lowest BCUT2D eigenvalue weighted by Crippen LogP contribution is -2.34. The van der Waals surface area contributed by atoms with Crippen molar-refractivity contribution in [1.29, 1.82) is 0 Å². The number of nitrogens with one attached hydrogen (secondary N) is 1. The summed E-state index contributed by atoms with van der Waals surface area (Å²) in [5, 5.41) is 3.11. The Kier molecular flexibility index (Phi) is 8.88. The van der Waals surface area contributed by atoms with E-state index in [0.29, 0.717) is 0 Å². The fraction of sp³-hybridized carbons (Fsp3) is 0.650. The van der Waals surface area contributed by atoms with E-state index in [2.05, 4.69) is 31.3 Å². The molecule has 0 atom stereocenters. The van der Waals surface area contributed by atoms with Gasteiger partial charge in [0.25, 0.3) is 0 Å². The van der Waals surface area contributed by atoms with Crippen LogP contribution in [-0.2, 0) is 11.2 Å². The fourth-order valence-electron chi connectivity index (χ4n) is 3.17. The summed E-state index contributed by atoms with van der Waals surface area (Å²) in [5.41, 5.74) is 1.29. The van der Waals surface area contributed by atoms with Gasteiger partial charge < -0.3 is 5.32 Å². The van der Waals surface area contributed by atoms with Crippen LogP contribution >= 0.6 is 0 Å². The van der Waals surface area contributed by atoms with E-state index in [-0.39, 0.29) is 11.8 Å². The molecule has 0 spiro atoms. The molecule has 0 aliphatic heterocycles. The zero-order valence-electron chi connectivity index (χ0n) is 14.8. The molecule has 0 aromatic heterocycles. The molecule has 0 bridgehead atoms. The molecule has 1 saturated carbocycles. The highest BCUT2D eigenvalue weighted by molar-refractivity contribution is 5.78. The molecule has 1 N–H and O–H groups in total. The minimum atomic E-state index is 0.251. The van der Waals surface area contributed by atoms with E-state index in [1.54, 1.807) is 0 Å². The van der Waals surface area contributed by atoms with Gasteiger partial charge in [0.15, 0.2) is 0 Å². The van der Waals surface area contributed by atoms with E-state index < -0.39 is 0 Å². The van der Waals surface area contributed by atoms with E-state index >= 15 is 0 Å². The molecule has 124 valence electrons. The fourth-order valence-corrected chi connectivity index (χ4v) is 3.17. The van der Waals surface area contributed by atoms with E-state index in [9.17, 15) is 4.79 Å². The molecule has 1 amide bonds. The monoisotopic (exact) mass is 303 g/mol. The van der Waals surface area contributed by atoms with Crippen LogP contribution in [0.4, 0.5) is 0 Å². The number of amides is 1. The minimum absolute atomic E-state index is 0.251. The summed E-state index contributed by atoms with van der Waals surface area (Å²) in [6.45, 7) is 9.35. The predicted molar refractivity (Wildman–Crippen MR) is 94.8 cm³/mol. The van der Waals surface area contributed by atoms with Crippen molar-refractivity contribution in [2.45, 2.75) is 59.8 Å². The molecule has 22 heavy (non-hydrogen) atoms. The minimum Gasteiger partial charge on any atom is -0.356 e. The van der Waals surface area contributed by atoms with Crippen molar-refractivity contribution in [3.8, 4) is 0 Å². The third kappa shape index (κ3) is 6.21. The Morgan fingerprint density at radius 3 is 2.23 bits per heavy atom. The molecule has 2 heteroatoms. The van der Waals surface area contributed by atoms with Gasteiger partial charge in [0.05, 0.1) is 0 Å². The van der Waals surface area contributed by atoms with Crippen molar-refractivity contribution in [3.05, 3.63) is 35.9 Å². The summed E-state index contributed by atoms with van der Waals surface area (Å²) < 4.78 is 0. The first-order valence-corrected chi connectivity index (χ1v) is 8.98. The molecule has 0 saturated heterocycles. The first kappa shape index (κ1) is 18.7. The van der Waals surface area contributed by atoms with Crippen LogP contribution in [0, 0.1) is 17.8 Å². The quantitative estimate of drug-likeness (QED) is 0.829. The first-order chi connectivity index (χ1) is 10.7. The molecule has 2 nitrogen and oxygen atoms in total. The third-order valence-electron chi connectivity index (χ3n) is 4.64. The smallest absolute Gasteiger partial charge is 0.223 e. The Bertz CT molecular complexity index is 405. The van der Waals surface area contributed by atoms with Crippen LogP contribution in [0.3, 0.4) is 0 Å². The van der Waals surface area contributed by atoms with Crippen LogP contribution in [-0.4, -0.2) is 12.5 Å². The lowest BCUT2D eigenvalue weighted by molar-refractivity contribution is -0.126. The SMILES string of the molecule is CC.CC(C)C1CCC(C(=O)NCCc2ccccc2)CC1. The Morgan fingerprint density at radius 2 is 1.68 bits per heavy atom. The standard InChI is InChI=1S/C18H27NO.C2H6/c1-14(2)16-8-10-17(11-9-16)18(20)19-13-12-15-6-4-3-5-7-15;1-2/h3-7,14,16-17H,8-13H2,1-2H3,(H,19,20);1-2H3. The summed E-state index contributed by atoms with van der Waals surface area (Å²) in [4.78, 5) is 12.2. The first-order valence-electron chi connectivity index (χ1n) is 8.98. The second kappa shape index (κ2) is 10.4. The molecular formula is C20H33NO. The average molecular weight is 303 g/mol. The van der Waals surface area contributed by atoms with Crippen molar-refractivity contribution < 1.29 is 4.79 Å². The second-order valence-corrected chi connectivity index (χ2v) is 6.38. The van der Waals surface area contributed by atoms with Gasteiger partial charge >= 0.3 is 0 Å². The molecule has 1 aliphatic rings. The van der Waals surface area contributed by atoms with Crippen LogP contribution in [0.5, 0.6) is 0 Å². The van der Waals surface area contributed by atoms with E-state index in [0.717, 1.165) is 37.6 Å². The third-order valence-corrected chi connectivity index (χ3v) is 4.64. The van der Waals surface area contributed by atoms with Crippen molar-refractivity contribution >= 4 is 5.91 Å². The normalized spacial score (nSPS) is 21.0. The lowest BCUT2D eigenvalue weighted by Gasteiger charge is -2.30. The van der Waals surface area contributed by atoms with Crippen molar-refractivity contribution in [3.63, 3.8) is 0 Å². The number of benzene rings is 1. The predicted octanol–water partition coefficient (Wildman–Crippen LogP) is 4.83. The summed E-state index contributed by atoms with van der Waals surface area (Å²) in [5.74, 6) is 2.10. The maximum atomic E-state index is 12.2. The van der Waals surface area contributed by atoms with Crippen molar-refractivity contribution in [2.24, 2.45) is 17.8 Å². The number of hydrogen-bond acceptors (Lipinski definition) is 1. The number of carbonyl (C=O) groups is 1. The molecule has 0 heterocycles. The van der Waals surface area contributed by atoms with Gasteiger partial charge in [-0.2, -0.15) is 0 Å². The molecule has 1 aliphatic carbocycles. The Labute approximate surface area is 136 Å². The number of carbonyl (C=O) groups excluding carboxylic acids is 1. The van der Waals surface area contributed by atoms with Crippen LogP contribution < -0.4 is 5.32 Å². The maximum absolute atomic E-state index is 12.2. The molecule has 1 aromatic carbocycles. The van der Waals surface area contributed by atoms with E-state index in [1.807, 2.05) is 32.0 Å². The highest BCUT2D eigenvalue weighted by atomic mass is 16.1. The van der Waals surface area contributed by atoms with Gasteiger partial charge in [-0.1, -0.05) is 58.0 Å². The summed E-state index contributed by atoms with van der Waals surface area (Å²) in [7, 11) is 0. The van der Waals surface area contributed by atoms with Gasteiger partial charge in [-0.05, 0) is 49.5 Å². The summed E-state index contributed by atoms with van der Waals surface area (Å²) in [6.07, 6.45) is 5.50. The zero-order valence-corrected chi connectivity index (χ0v) is 14.8. The molecule has 2 rings (SSSR count). The highest BCUT2D eigenvalue weighted by Crippen LogP contribution is 2.33. The Balaban J connectivity index is 0.00000116. The van der Waals surface area contributed by atoms with Gasteiger partial charge in [-0.15, -0.1) is 0 Å². The maximum Gasteiger partial charge on any atom is 0.223 e. The van der Waals surface area contributed by atoms with Crippen LogP contribution in [0.2, 0.25) is 0 Å². The molecule has 1 aromatic rings. The Hall–Kier alpha value is -1.31. The molecule has 1 fully saturated rings. The van der Waals surface area contributed by atoms with Gasteiger partial charge in [0.2, 0.25) is 5.91 Å². The van der Waals surface area contributed by atoms with Gasteiger partial charge in [0, 0.05) is 12.5 Å². The topological polar surface area (TPSA) is 29.1 Å². The number of rotatable bonds is 5. The van der Waals surface area contributed by atoms with Gasteiger partial charge in [-0.25, -0.2) is 0 Å². The average Bonchev–Trinajstić information content (AvgIpc) is 2.57. The van der Waals surface area contributed by atoms with Crippen LogP contribution in [0.1, 0.15) is 58.9 Å². The molecule has 0 radical (unpaired) electrons. The van der Waals surface area contributed by atoms with Gasteiger partial charge in [0.1, 0.15) is 0 Å². The highest BCUT2D eigenvalue weighted by Gasteiger charge is 2.27. The van der Waals surface area contributed by atoms with Crippen molar-refractivity contribution in [2.75, 3.05) is 6.54 Å². The summed E-state index contributed by atoms with van der Waals surface area (Å²) >= 11 is 0. The van der Waals surface area contributed by atoms with E-state index in [1.165, 1.54) is 18.4 Å². The lowest BCUT2D eigenvalue weighted by atomic mass is 9.77. The van der Waals surface area contributed by atoms with Gasteiger partial charge in [-0.3, -0.25) is 4.79 Å². The molecular weight excluding hydrogens is 270 g/mol. The Morgan fingerprint density at radius 1 is 1.09 bits per heavy atom. The largest absolute Gasteiger partial charge is 0.356 e.